The van der Waals surface area contributed by atoms with Crippen LogP contribution in [0.25, 0.3) is 0 Å². The summed E-state index contributed by atoms with van der Waals surface area (Å²) in [5.41, 5.74) is 0. The fourth-order valence-corrected chi connectivity index (χ4v) is 3.04. The summed E-state index contributed by atoms with van der Waals surface area (Å²) in [6, 6.07) is 1.48. The number of nitrogens with zero attached hydrogens (tertiary/aromatic N) is 4. The number of sulfonamides is 1. The molecule has 0 aliphatic carbocycles. The van der Waals surface area contributed by atoms with E-state index in [1.54, 1.807) is 0 Å². The second-order valence-corrected chi connectivity index (χ2v) is 6.33. The summed E-state index contributed by atoms with van der Waals surface area (Å²) in [5.74, 6) is 0.540. The van der Waals surface area contributed by atoms with Gasteiger partial charge in [0.05, 0.1) is 6.54 Å². The maximum atomic E-state index is 12.3. The van der Waals surface area contributed by atoms with Crippen LogP contribution >= 0.6 is 15.9 Å². The van der Waals surface area contributed by atoms with Gasteiger partial charge in [0.2, 0.25) is 10.0 Å². The SMILES string of the molecule is CCNc1ncc(Br)cc1S(=O)(=O)NCc1nn[nH]n1. The Morgan fingerprint density at radius 2 is 2.25 bits per heavy atom. The van der Waals surface area contributed by atoms with Crippen molar-refractivity contribution < 1.29 is 8.42 Å². The minimum atomic E-state index is -3.74. The number of anilines is 1. The Kier molecular flexibility index (Phi) is 4.62. The molecule has 0 bridgehead atoms. The van der Waals surface area contributed by atoms with E-state index in [4.69, 9.17) is 0 Å². The molecular formula is C9H12BrN7O2S. The summed E-state index contributed by atoms with van der Waals surface area (Å²) < 4.78 is 27.5. The van der Waals surface area contributed by atoms with Crippen molar-refractivity contribution in [3.8, 4) is 0 Å². The molecule has 0 saturated carbocycles. The molecular weight excluding hydrogens is 350 g/mol. The lowest BCUT2D eigenvalue weighted by molar-refractivity contribution is 0.579. The van der Waals surface area contributed by atoms with E-state index in [1.165, 1.54) is 12.3 Å². The molecule has 0 radical (unpaired) electrons. The van der Waals surface area contributed by atoms with Crippen molar-refractivity contribution >= 4 is 31.8 Å². The van der Waals surface area contributed by atoms with Crippen LogP contribution in [-0.2, 0) is 16.6 Å². The molecule has 0 aliphatic rings. The molecule has 2 rings (SSSR count). The molecule has 2 aromatic heterocycles. The number of H-pyrrole nitrogens is 1. The summed E-state index contributed by atoms with van der Waals surface area (Å²) in [6.45, 7) is 2.35. The number of hydrogen-bond donors (Lipinski definition) is 3. The Balaban J connectivity index is 2.26. The predicted octanol–water partition coefficient (Wildman–Crippen LogP) is 0.267. The third-order valence-electron chi connectivity index (χ3n) is 2.26. The van der Waals surface area contributed by atoms with E-state index in [0.29, 0.717) is 11.0 Å². The maximum absolute atomic E-state index is 12.3. The lowest BCUT2D eigenvalue weighted by atomic mass is 10.4. The van der Waals surface area contributed by atoms with E-state index in [-0.39, 0.29) is 23.1 Å². The summed E-state index contributed by atoms with van der Waals surface area (Å²) in [5, 5.41) is 15.9. The van der Waals surface area contributed by atoms with E-state index < -0.39 is 10.0 Å². The molecule has 20 heavy (non-hydrogen) atoms. The van der Waals surface area contributed by atoms with Gasteiger partial charge in [0.15, 0.2) is 5.82 Å². The van der Waals surface area contributed by atoms with Crippen LogP contribution in [0.5, 0.6) is 0 Å². The van der Waals surface area contributed by atoms with E-state index in [0.717, 1.165) is 0 Å². The molecule has 11 heteroatoms. The average Bonchev–Trinajstić information content (AvgIpc) is 2.92. The largest absolute Gasteiger partial charge is 0.369 e. The van der Waals surface area contributed by atoms with Crippen molar-refractivity contribution in [2.24, 2.45) is 0 Å². The zero-order valence-corrected chi connectivity index (χ0v) is 12.9. The van der Waals surface area contributed by atoms with Crippen LogP contribution in [-0.4, -0.2) is 40.6 Å². The van der Waals surface area contributed by atoms with Gasteiger partial charge >= 0.3 is 0 Å². The third-order valence-corrected chi connectivity index (χ3v) is 4.11. The standard InChI is InChI=1S/C9H12BrN7O2S/c1-2-11-9-7(3-6(10)4-12-9)20(18,19)13-5-8-14-16-17-15-8/h3-4,13H,2,5H2,1H3,(H,11,12)(H,14,15,16,17). The monoisotopic (exact) mass is 361 g/mol. The highest BCUT2D eigenvalue weighted by molar-refractivity contribution is 9.10. The summed E-state index contributed by atoms with van der Waals surface area (Å²) in [4.78, 5) is 4.11. The molecule has 0 atom stereocenters. The van der Waals surface area contributed by atoms with Gasteiger partial charge in [-0.1, -0.05) is 5.21 Å². The van der Waals surface area contributed by atoms with Crippen LogP contribution in [0.3, 0.4) is 0 Å². The van der Waals surface area contributed by atoms with Crippen LogP contribution in [0, 0.1) is 0 Å². The minimum absolute atomic E-state index is 0.0530. The average molecular weight is 362 g/mol. The molecule has 0 fully saturated rings. The number of nitrogens with one attached hydrogen (secondary N) is 3. The van der Waals surface area contributed by atoms with Gasteiger partial charge in [-0.2, -0.15) is 5.21 Å². The smallest absolute Gasteiger partial charge is 0.244 e. The molecule has 3 N–H and O–H groups in total. The second kappa shape index (κ2) is 6.24. The van der Waals surface area contributed by atoms with Gasteiger partial charge in [-0.25, -0.2) is 18.1 Å². The van der Waals surface area contributed by atoms with Crippen molar-refractivity contribution in [3.63, 3.8) is 0 Å². The molecule has 108 valence electrons. The van der Waals surface area contributed by atoms with Crippen LogP contribution < -0.4 is 10.0 Å². The van der Waals surface area contributed by atoms with Crippen molar-refractivity contribution in [1.29, 1.82) is 0 Å². The van der Waals surface area contributed by atoms with Crippen molar-refractivity contribution in [2.75, 3.05) is 11.9 Å². The lowest BCUT2D eigenvalue weighted by Gasteiger charge is -2.11. The number of halogens is 1. The van der Waals surface area contributed by atoms with E-state index >= 15 is 0 Å². The fourth-order valence-electron chi connectivity index (χ4n) is 1.42. The number of aromatic nitrogens is 5. The number of aromatic amines is 1. The molecule has 2 heterocycles. The van der Waals surface area contributed by atoms with Crippen LogP contribution in [0.1, 0.15) is 12.7 Å². The molecule has 0 spiro atoms. The van der Waals surface area contributed by atoms with Crippen molar-refractivity contribution in [3.05, 3.63) is 22.6 Å². The fraction of sp³-hybridized carbons (Fsp3) is 0.333. The molecule has 0 unspecified atom stereocenters. The first kappa shape index (κ1) is 14.8. The highest BCUT2D eigenvalue weighted by Gasteiger charge is 2.20. The van der Waals surface area contributed by atoms with Crippen LogP contribution in [0.4, 0.5) is 5.82 Å². The lowest BCUT2D eigenvalue weighted by Crippen LogP contribution is -2.25. The highest BCUT2D eigenvalue weighted by Crippen LogP contribution is 2.22. The molecule has 0 saturated heterocycles. The van der Waals surface area contributed by atoms with E-state index in [9.17, 15) is 8.42 Å². The normalized spacial score (nSPS) is 11.5. The van der Waals surface area contributed by atoms with Gasteiger partial charge in [0.1, 0.15) is 10.7 Å². The quantitative estimate of drug-likeness (QED) is 0.673. The van der Waals surface area contributed by atoms with Crippen LogP contribution in [0.15, 0.2) is 21.6 Å². The highest BCUT2D eigenvalue weighted by atomic mass is 79.9. The first-order valence-electron chi connectivity index (χ1n) is 5.64. The number of tetrazole rings is 1. The summed E-state index contributed by atoms with van der Waals surface area (Å²) in [7, 11) is -3.74. The van der Waals surface area contributed by atoms with Crippen LogP contribution in [0.2, 0.25) is 0 Å². The van der Waals surface area contributed by atoms with E-state index in [2.05, 4.69) is 51.6 Å². The molecule has 2 aromatic rings. The molecule has 9 nitrogen and oxygen atoms in total. The first-order chi connectivity index (χ1) is 9.53. The van der Waals surface area contributed by atoms with Gasteiger partial charge in [-0.05, 0) is 28.9 Å². The number of pyridine rings is 1. The number of rotatable bonds is 6. The Morgan fingerprint density at radius 3 is 2.90 bits per heavy atom. The Labute approximate surface area is 123 Å². The Bertz CT molecular complexity index is 674. The Hall–Kier alpha value is -1.59. The first-order valence-corrected chi connectivity index (χ1v) is 7.92. The number of hydrogen-bond acceptors (Lipinski definition) is 7. The third kappa shape index (κ3) is 3.49. The summed E-state index contributed by atoms with van der Waals surface area (Å²) >= 11 is 3.21. The Morgan fingerprint density at radius 1 is 1.45 bits per heavy atom. The maximum Gasteiger partial charge on any atom is 0.244 e. The van der Waals surface area contributed by atoms with Gasteiger partial charge < -0.3 is 5.32 Å². The van der Waals surface area contributed by atoms with E-state index in [1.807, 2.05) is 6.92 Å². The van der Waals surface area contributed by atoms with Crippen molar-refractivity contribution in [1.82, 2.24) is 30.3 Å². The van der Waals surface area contributed by atoms with Gasteiger partial charge in [0, 0.05) is 17.2 Å². The topological polar surface area (TPSA) is 126 Å². The van der Waals surface area contributed by atoms with Gasteiger partial charge in [0.25, 0.3) is 0 Å². The predicted molar refractivity (Wildman–Crippen MR) is 74.3 cm³/mol. The second-order valence-electron chi connectivity index (χ2n) is 3.68. The minimum Gasteiger partial charge on any atom is -0.369 e. The molecule has 0 aliphatic heterocycles. The zero-order valence-electron chi connectivity index (χ0n) is 10.5. The molecule has 0 amide bonds. The zero-order chi connectivity index (χ0) is 14.6. The van der Waals surface area contributed by atoms with Crippen molar-refractivity contribution in [2.45, 2.75) is 18.4 Å². The summed E-state index contributed by atoms with van der Waals surface area (Å²) in [6.07, 6.45) is 1.52. The van der Waals surface area contributed by atoms with Gasteiger partial charge in [-0.3, -0.25) is 0 Å². The van der Waals surface area contributed by atoms with Gasteiger partial charge in [-0.15, -0.1) is 10.2 Å². The molecule has 0 aromatic carbocycles.